The Balaban J connectivity index is 1.75. The lowest BCUT2D eigenvalue weighted by Crippen LogP contribution is -2.41. The Morgan fingerprint density at radius 3 is 2.52 bits per heavy atom. The van der Waals surface area contributed by atoms with Crippen molar-refractivity contribution in [3.63, 3.8) is 0 Å². The highest BCUT2D eigenvalue weighted by molar-refractivity contribution is 5.36. The molecule has 1 aromatic rings. The van der Waals surface area contributed by atoms with Gasteiger partial charge in [0.05, 0.1) is 6.61 Å². The second kappa shape index (κ2) is 8.43. The van der Waals surface area contributed by atoms with Crippen molar-refractivity contribution in [3.8, 4) is 5.75 Å². The second-order valence-corrected chi connectivity index (χ2v) is 6.65. The van der Waals surface area contributed by atoms with Crippen LogP contribution < -0.4 is 10.5 Å². The summed E-state index contributed by atoms with van der Waals surface area (Å²) in [5.41, 5.74) is 7.59. The van der Waals surface area contributed by atoms with Gasteiger partial charge >= 0.3 is 0 Å². The summed E-state index contributed by atoms with van der Waals surface area (Å²) in [5, 5.41) is 0. The highest BCUT2D eigenvalue weighted by atomic mass is 16.5. The average molecular weight is 289 g/mol. The Morgan fingerprint density at radius 2 is 1.76 bits per heavy atom. The van der Waals surface area contributed by atoms with Crippen LogP contribution in [0.4, 0.5) is 0 Å². The summed E-state index contributed by atoms with van der Waals surface area (Å²) >= 11 is 0. The van der Waals surface area contributed by atoms with Gasteiger partial charge in [0.1, 0.15) is 5.75 Å². The summed E-state index contributed by atoms with van der Waals surface area (Å²) in [6.45, 7) is 3.79. The van der Waals surface area contributed by atoms with E-state index in [1.807, 2.05) is 6.07 Å². The van der Waals surface area contributed by atoms with Gasteiger partial charge in [-0.1, -0.05) is 70.1 Å². The number of benzene rings is 1. The molecular formula is C19H31NO. The fraction of sp³-hybridized carbons (Fsp3) is 0.684. The lowest BCUT2D eigenvalue weighted by atomic mass is 9.76. The van der Waals surface area contributed by atoms with Gasteiger partial charge in [-0.05, 0) is 24.5 Å². The van der Waals surface area contributed by atoms with Crippen LogP contribution in [0.3, 0.4) is 0 Å². The molecular weight excluding hydrogens is 258 g/mol. The smallest absolute Gasteiger partial charge is 0.122 e. The number of nitrogens with two attached hydrogens (primary N) is 1. The van der Waals surface area contributed by atoms with Crippen LogP contribution in [0.5, 0.6) is 5.75 Å². The Morgan fingerprint density at radius 1 is 1.05 bits per heavy atom. The first-order chi connectivity index (χ1) is 10.3. The maximum Gasteiger partial charge on any atom is 0.122 e. The third-order valence-electron chi connectivity index (χ3n) is 4.82. The zero-order valence-corrected chi connectivity index (χ0v) is 13.6. The number of rotatable bonds is 9. The molecule has 0 amide bonds. The molecule has 1 heterocycles. The number of fused-ring (bicyclic) bond motifs is 1. The molecule has 2 nitrogen and oxygen atoms in total. The molecule has 118 valence electrons. The Kier molecular flexibility index (Phi) is 6.56. The quantitative estimate of drug-likeness (QED) is 0.668. The molecule has 21 heavy (non-hydrogen) atoms. The number of hydrogen-bond donors (Lipinski definition) is 1. The van der Waals surface area contributed by atoms with Gasteiger partial charge < -0.3 is 10.5 Å². The van der Waals surface area contributed by atoms with Crippen LogP contribution in [0.1, 0.15) is 63.9 Å². The van der Waals surface area contributed by atoms with Crippen molar-refractivity contribution in [2.75, 3.05) is 13.2 Å². The Bertz CT molecular complexity index is 418. The fourth-order valence-corrected chi connectivity index (χ4v) is 3.33. The van der Waals surface area contributed by atoms with Gasteiger partial charge in [0.2, 0.25) is 0 Å². The molecule has 0 aliphatic carbocycles. The summed E-state index contributed by atoms with van der Waals surface area (Å²) in [4.78, 5) is 0. The van der Waals surface area contributed by atoms with Crippen molar-refractivity contribution in [1.82, 2.24) is 0 Å². The van der Waals surface area contributed by atoms with Gasteiger partial charge in [-0.25, -0.2) is 0 Å². The molecule has 1 atom stereocenters. The predicted molar refractivity (Wildman–Crippen MR) is 89.7 cm³/mol. The molecule has 0 saturated carbocycles. The minimum atomic E-state index is 0.164. The molecule has 0 saturated heterocycles. The van der Waals surface area contributed by atoms with E-state index in [4.69, 9.17) is 10.5 Å². The molecule has 2 rings (SSSR count). The van der Waals surface area contributed by atoms with E-state index in [2.05, 4.69) is 25.1 Å². The monoisotopic (exact) mass is 289 g/mol. The normalized spacial score (nSPS) is 20.9. The summed E-state index contributed by atoms with van der Waals surface area (Å²) in [7, 11) is 0. The third-order valence-corrected chi connectivity index (χ3v) is 4.82. The maximum absolute atomic E-state index is 6.10. The minimum Gasteiger partial charge on any atom is -0.493 e. The molecule has 1 aliphatic rings. The Hall–Kier alpha value is -1.02. The molecule has 0 bridgehead atoms. The van der Waals surface area contributed by atoms with Crippen molar-refractivity contribution >= 4 is 0 Å². The first-order valence-electron chi connectivity index (χ1n) is 8.70. The first kappa shape index (κ1) is 16.4. The fourth-order valence-electron chi connectivity index (χ4n) is 3.33. The van der Waals surface area contributed by atoms with E-state index in [1.54, 1.807) is 0 Å². The van der Waals surface area contributed by atoms with E-state index in [0.29, 0.717) is 0 Å². The lowest BCUT2D eigenvalue weighted by Gasteiger charge is -2.37. The molecule has 0 aromatic heterocycles. The maximum atomic E-state index is 6.10. The standard InChI is InChI=1S/C19H31NO/c1-2-3-4-5-6-7-10-13-19(15-20)14-17-11-8-9-12-18(17)21-16-19/h8-9,11-12H,2-7,10,13-16,20H2,1H3. The lowest BCUT2D eigenvalue weighted by molar-refractivity contribution is 0.114. The molecule has 0 radical (unpaired) electrons. The van der Waals surface area contributed by atoms with E-state index >= 15 is 0 Å². The SMILES string of the molecule is CCCCCCCCCC1(CN)COc2ccccc2C1. The van der Waals surface area contributed by atoms with E-state index in [1.165, 1.54) is 56.9 Å². The molecule has 2 heteroatoms. The molecule has 2 N–H and O–H groups in total. The average Bonchev–Trinajstić information content (AvgIpc) is 2.54. The zero-order chi connectivity index (χ0) is 15.0. The number of unbranched alkanes of at least 4 members (excludes halogenated alkanes) is 6. The highest BCUT2D eigenvalue weighted by Gasteiger charge is 2.33. The van der Waals surface area contributed by atoms with Crippen molar-refractivity contribution in [2.45, 2.75) is 64.7 Å². The van der Waals surface area contributed by atoms with E-state index in [-0.39, 0.29) is 5.41 Å². The van der Waals surface area contributed by atoms with Gasteiger partial charge in [-0.3, -0.25) is 0 Å². The van der Waals surface area contributed by atoms with Crippen LogP contribution in [-0.2, 0) is 6.42 Å². The van der Waals surface area contributed by atoms with E-state index in [9.17, 15) is 0 Å². The number of hydrogen-bond acceptors (Lipinski definition) is 2. The van der Waals surface area contributed by atoms with E-state index in [0.717, 1.165) is 25.3 Å². The van der Waals surface area contributed by atoms with Gasteiger partial charge in [0.15, 0.2) is 0 Å². The Labute approximate surface area is 130 Å². The summed E-state index contributed by atoms with van der Waals surface area (Å²) in [6.07, 6.45) is 11.8. The number of para-hydroxylation sites is 1. The first-order valence-corrected chi connectivity index (χ1v) is 8.70. The highest BCUT2D eigenvalue weighted by Crippen LogP contribution is 2.37. The summed E-state index contributed by atoms with van der Waals surface area (Å²) in [5.74, 6) is 1.06. The summed E-state index contributed by atoms with van der Waals surface area (Å²) in [6, 6.07) is 8.40. The minimum absolute atomic E-state index is 0.164. The molecule has 1 aliphatic heterocycles. The van der Waals surface area contributed by atoms with Gasteiger partial charge in [-0.2, -0.15) is 0 Å². The second-order valence-electron chi connectivity index (χ2n) is 6.65. The summed E-state index contributed by atoms with van der Waals surface area (Å²) < 4.78 is 5.96. The van der Waals surface area contributed by atoms with Crippen molar-refractivity contribution in [1.29, 1.82) is 0 Å². The van der Waals surface area contributed by atoms with Crippen molar-refractivity contribution < 1.29 is 4.74 Å². The van der Waals surface area contributed by atoms with Crippen LogP contribution in [0.15, 0.2) is 24.3 Å². The van der Waals surface area contributed by atoms with Crippen LogP contribution in [0.25, 0.3) is 0 Å². The topological polar surface area (TPSA) is 35.2 Å². The van der Waals surface area contributed by atoms with E-state index < -0.39 is 0 Å². The molecule has 0 spiro atoms. The molecule has 1 unspecified atom stereocenters. The zero-order valence-electron chi connectivity index (χ0n) is 13.6. The van der Waals surface area contributed by atoms with Crippen molar-refractivity contribution in [3.05, 3.63) is 29.8 Å². The van der Waals surface area contributed by atoms with Crippen LogP contribution in [-0.4, -0.2) is 13.2 Å². The predicted octanol–water partition coefficient (Wildman–Crippen LogP) is 4.71. The molecule has 0 fully saturated rings. The number of ether oxygens (including phenoxy) is 1. The van der Waals surface area contributed by atoms with Gasteiger partial charge in [-0.15, -0.1) is 0 Å². The molecule has 1 aromatic carbocycles. The third kappa shape index (κ3) is 4.74. The van der Waals surface area contributed by atoms with Crippen LogP contribution in [0, 0.1) is 5.41 Å². The van der Waals surface area contributed by atoms with Crippen LogP contribution in [0.2, 0.25) is 0 Å². The van der Waals surface area contributed by atoms with Crippen LogP contribution >= 0.6 is 0 Å². The van der Waals surface area contributed by atoms with Gasteiger partial charge in [0.25, 0.3) is 0 Å². The van der Waals surface area contributed by atoms with Gasteiger partial charge in [0, 0.05) is 12.0 Å². The van der Waals surface area contributed by atoms with Crippen molar-refractivity contribution in [2.24, 2.45) is 11.1 Å². The largest absolute Gasteiger partial charge is 0.493 e.